The molecule has 0 radical (unpaired) electrons. The van der Waals surface area contributed by atoms with Crippen LogP contribution >= 0.6 is 11.3 Å². The fourth-order valence-electron chi connectivity index (χ4n) is 2.98. The number of carbonyl (C=O) groups is 1. The molecule has 2 aromatic rings. The summed E-state index contributed by atoms with van der Waals surface area (Å²) in [5.41, 5.74) is -0.377. The summed E-state index contributed by atoms with van der Waals surface area (Å²) in [5.74, 6) is -0.0604. The van der Waals surface area contributed by atoms with Gasteiger partial charge in [-0.3, -0.25) is 4.79 Å². The van der Waals surface area contributed by atoms with Crippen LogP contribution in [0.25, 0.3) is 5.00 Å². The van der Waals surface area contributed by atoms with Gasteiger partial charge < -0.3 is 4.90 Å². The van der Waals surface area contributed by atoms with Crippen molar-refractivity contribution in [3.05, 3.63) is 28.0 Å². The number of rotatable bonds is 5. The number of aromatic nitrogens is 4. The van der Waals surface area contributed by atoms with Crippen LogP contribution in [0, 0.1) is 0 Å². The topological polar surface area (TPSA) is 73.0 Å². The number of nitrogens with zero attached hydrogens (tertiary/aromatic N) is 5. The molecule has 0 aliphatic heterocycles. The van der Waals surface area contributed by atoms with E-state index < -0.39 is 0 Å². The van der Waals surface area contributed by atoms with E-state index in [0.717, 1.165) is 17.5 Å². The van der Waals surface area contributed by atoms with Crippen molar-refractivity contribution in [3.8, 4) is 5.00 Å². The van der Waals surface area contributed by atoms with Crippen LogP contribution in [-0.2, 0) is 11.3 Å². The number of thiophene rings is 1. The quantitative estimate of drug-likeness (QED) is 0.831. The summed E-state index contributed by atoms with van der Waals surface area (Å²) in [6, 6.07) is 3.94. The molecule has 0 N–H and O–H groups in total. The zero-order valence-corrected chi connectivity index (χ0v) is 13.3. The second-order valence-corrected chi connectivity index (χ2v) is 6.33. The maximum absolute atomic E-state index is 12.5. The molecule has 1 aliphatic rings. The van der Waals surface area contributed by atoms with Crippen molar-refractivity contribution in [2.75, 3.05) is 6.54 Å². The number of tetrazole rings is 1. The number of likely N-dealkylation sites (N-methyl/N-ethyl adjacent to an activating group) is 1. The molecule has 1 aliphatic carbocycles. The lowest BCUT2D eigenvalue weighted by Crippen LogP contribution is -2.42. The van der Waals surface area contributed by atoms with Gasteiger partial charge >= 0.3 is 5.69 Å². The third-order valence-corrected chi connectivity index (χ3v) is 4.91. The highest BCUT2D eigenvalue weighted by molar-refractivity contribution is 7.12. The van der Waals surface area contributed by atoms with Gasteiger partial charge in [-0.2, -0.15) is 9.36 Å². The van der Waals surface area contributed by atoms with Gasteiger partial charge in [0, 0.05) is 12.6 Å². The highest BCUT2D eigenvalue weighted by Crippen LogP contribution is 2.23. The molecule has 1 saturated carbocycles. The molecular formula is C14H19N5O2S. The van der Waals surface area contributed by atoms with Crippen molar-refractivity contribution in [2.45, 2.75) is 45.2 Å². The van der Waals surface area contributed by atoms with E-state index in [9.17, 15) is 9.59 Å². The lowest BCUT2D eigenvalue weighted by atomic mass is 10.2. The first-order valence-corrected chi connectivity index (χ1v) is 8.45. The fourth-order valence-corrected chi connectivity index (χ4v) is 3.64. The van der Waals surface area contributed by atoms with Crippen molar-refractivity contribution >= 4 is 17.2 Å². The molecule has 8 heteroatoms. The highest BCUT2D eigenvalue weighted by Gasteiger charge is 2.26. The maximum atomic E-state index is 12.5. The molecule has 0 saturated heterocycles. The van der Waals surface area contributed by atoms with Crippen molar-refractivity contribution < 1.29 is 4.79 Å². The van der Waals surface area contributed by atoms with E-state index in [1.54, 1.807) is 6.07 Å². The van der Waals surface area contributed by atoms with Gasteiger partial charge in [0.15, 0.2) is 0 Å². The van der Waals surface area contributed by atoms with Crippen LogP contribution in [0.1, 0.15) is 32.6 Å². The first-order valence-electron chi connectivity index (χ1n) is 7.57. The Morgan fingerprint density at radius 1 is 1.41 bits per heavy atom. The Morgan fingerprint density at radius 3 is 2.82 bits per heavy atom. The third-order valence-electron chi connectivity index (χ3n) is 4.07. The van der Waals surface area contributed by atoms with Gasteiger partial charge in [0.05, 0.1) is 0 Å². The normalized spacial score (nSPS) is 15.3. The van der Waals surface area contributed by atoms with Crippen molar-refractivity contribution in [1.82, 2.24) is 24.7 Å². The Balaban J connectivity index is 1.75. The molecule has 0 bridgehead atoms. The van der Waals surface area contributed by atoms with Gasteiger partial charge in [-0.1, -0.05) is 12.8 Å². The van der Waals surface area contributed by atoms with Crippen LogP contribution in [0.15, 0.2) is 22.3 Å². The summed E-state index contributed by atoms with van der Waals surface area (Å²) in [4.78, 5) is 26.6. The predicted octanol–water partition coefficient (Wildman–Crippen LogP) is 1.28. The van der Waals surface area contributed by atoms with E-state index in [0.29, 0.717) is 17.6 Å². The van der Waals surface area contributed by atoms with Gasteiger partial charge in [-0.15, -0.1) is 11.3 Å². The molecule has 2 heterocycles. The van der Waals surface area contributed by atoms with Crippen molar-refractivity contribution in [1.29, 1.82) is 0 Å². The Morgan fingerprint density at radius 2 is 2.18 bits per heavy atom. The van der Waals surface area contributed by atoms with Crippen molar-refractivity contribution in [3.63, 3.8) is 0 Å². The number of carbonyl (C=O) groups excluding carboxylic acids is 1. The minimum absolute atomic E-state index is 0.0471. The predicted molar refractivity (Wildman–Crippen MR) is 83.1 cm³/mol. The lowest BCUT2D eigenvalue weighted by molar-refractivity contribution is -0.134. The van der Waals surface area contributed by atoms with Crippen LogP contribution in [-0.4, -0.2) is 43.2 Å². The molecule has 7 nitrogen and oxygen atoms in total. The smallest absolute Gasteiger partial charge is 0.338 e. The average molecular weight is 321 g/mol. The molecule has 118 valence electrons. The average Bonchev–Trinajstić information content (AvgIpc) is 3.23. The molecule has 22 heavy (non-hydrogen) atoms. The van der Waals surface area contributed by atoms with Crippen LogP contribution in [0.5, 0.6) is 0 Å². The third kappa shape index (κ3) is 2.83. The molecule has 0 atom stereocenters. The second-order valence-electron chi connectivity index (χ2n) is 5.40. The van der Waals surface area contributed by atoms with E-state index in [4.69, 9.17) is 0 Å². The van der Waals surface area contributed by atoms with Gasteiger partial charge in [0.2, 0.25) is 5.91 Å². The Hall–Kier alpha value is -1.96. The SMILES string of the molecule is CCN(C(=O)Cn1nnn(-c2cccs2)c1=O)C1CCCC1. The van der Waals surface area contributed by atoms with Gasteiger partial charge in [-0.05, 0) is 47.7 Å². The summed E-state index contributed by atoms with van der Waals surface area (Å²) in [7, 11) is 0. The minimum atomic E-state index is -0.377. The lowest BCUT2D eigenvalue weighted by Gasteiger charge is -2.27. The molecule has 1 amide bonds. The highest BCUT2D eigenvalue weighted by atomic mass is 32.1. The Kier molecular flexibility index (Phi) is 4.37. The molecule has 3 rings (SSSR count). The van der Waals surface area contributed by atoms with Crippen LogP contribution in [0.3, 0.4) is 0 Å². The molecule has 0 aromatic carbocycles. The first kappa shape index (κ1) is 15.0. The van der Waals surface area contributed by atoms with Crippen molar-refractivity contribution in [2.24, 2.45) is 0 Å². The van der Waals surface area contributed by atoms with Gasteiger partial charge in [-0.25, -0.2) is 4.79 Å². The summed E-state index contributed by atoms with van der Waals surface area (Å²) in [5, 5.41) is 10.2. The summed E-state index contributed by atoms with van der Waals surface area (Å²) in [6.45, 7) is 2.59. The number of hydrogen-bond acceptors (Lipinski definition) is 5. The van der Waals surface area contributed by atoms with Gasteiger partial charge in [0.25, 0.3) is 0 Å². The molecule has 1 fully saturated rings. The zero-order valence-electron chi connectivity index (χ0n) is 12.5. The number of amides is 1. The molecule has 0 unspecified atom stereocenters. The van der Waals surface area contributed by atoms with E-state index in [-0.39, 0.29) is 18.1 Å². The van der Waals surface area contributed by atoms with E-state index in [1.165, 1.54) is 28.9 Å². The maximum Gasteiger partial charge on any atom is 0.369 e. The first-order chi connectivity index (χ1) is 10.7. The van der Waals surface area contributed by atoms with Crippen LogP contribution in [0.4, 0.5) is 0 Å². The second kappa shape index (κ2) is 6.43. The van der Waals surface area contributed by atoms with E-state index in [2.05, 4.69) is 10.4 Å². The van der Waals surface area contributed by atoms with Crippen LogP contribution in [0.2, 0.25) is 0 Å². The summed E-state index contributed by atoms with van der Waals surface area (Å²) >= 11 is 1.41. The van der Waals surface area contributed by atoms with E-state index >= 15 is 0 Å². The van der Waals surface area contributed by atoms with Crippen LogP contribution < -0.4 is 5.69 Å². The van der Waals surface area contributed by atoms with Gasteiger partial charge in [0.1, 0.15) is 11.5 Å². The largest absolute Gasteiger partial charge is 0.369 e. The monoisotopic (exact) mass is 321 g/mol. The standard InChI is InChI=1S/C14H19N5O2S/c1-2-17(11-6-3-4-7-11)12(20)10-18-14(21)19(16-15-18)13-8-5-9-22-13/h5,8-9,11H,2-4,6-7,10H2,1H3. The fraction of sp³-hybridized carbons (Fsp3) is 0.571. The molecule has 0 spiro atoms. The Bertz CT molecular complexity index is 684. The Labute approximate surface area is 132 Å². The zero-order chi connectivity index (χ0) is 15.5. The minimum Gasteiger partial charge on any atom is -0.338 e. The summed E-state index contributed by atoms with van der Waals surface area (Å²) in [6.07, 6.45) is 4.44. The summed E-state index contributed by atoms with van der Waals surface area (Å²) < 4.78 is 2.36. The molecular weight excluding hydrogens is 302 g/mol. The van der Waals surface area contributed by atoms with E-state index in [1.807, 2.05) is 23.3 Å². The number of hydrogen-bond donors (Lipinski definition) is 0. The molecule has 2 aromatic heterocycles.